The van der Waals surface area contributed by atoms with Gasteiger partial charge in [0.05, 0.1) is 20.3 Å². The second kappa shape index (κ2) is 11.1. The van der Waals surface area contributed by atoms with Gasteiger partial charge in [0, 0.05) is 25.1 Å². The van der Waals surface area contributed by atoms with E-state index in [0.29, 0.717) is 31.2 Å². The Hall–Kier alpha value is -2.73. The Bertz CT molecular complexity index is 720. The number of methoxy groups -OCH3 is 1. The monoisotopic (exact) mass is 371 g/mol. The number of aliphatic hydroxyl groups is 1. The van der Waals surface area contributed by atoms with Crippen LogP contribution in [0.3, 0.4) is 0 Å². The Morgan fingerprint density at radius 2 is 1.93 bits per heavy atom. The molecule has 4 N–H and O–H groups in total. The molecule has 6 heteroatoms. The molecule has 0 bridgehead atoms. The first-order valence-electron chi connectivity index (χ1n) is 9.21. The van der Waals surface area contributed by atoms with Crippen LogP contribution in [-0.2, 0) is 6.42 Å². The maximum atomic E-state index is 10.0. The molecular weight excluding hydrogens is 342 g/mol. The lowest BCUT2D eigenvalue weighted by atomic mass is 10.0. The number of nitrogens with zero attached hydrogens (tertiary/aromatic N) is 1. The minimum atomic E-state index is -0.0349. The van der Waals surface area contributed by atoms with Crippen molar-refractivity contribution in [1.29, 1.82) is 0 Å². The third kappa shape index (κ3) is 6.49. The number of hydrogen-bond acceptors (Lipinski definition) is 4. The lowest BCUT2D eigenvalue weighted by molar-refractivity contribution is 0.268. The lowest BCUT2D eigenvalue weighted by Gasteiger charge is -2.15. The second-order valence-corrected chi connectivity index (χ2v) is 6.18. The van der Waals surface area contributed by atoms with Gasteiger partial charge in [-0.3, -0.25) is 4.99 Å². The van der Waals surface area contributed by atoms with Gasteiger partial charge in [0.2, 0.25) is 0 Å². The lowest BCUT2D eigenvalue weighted by Crippen LogP contribution is -2.38. The summed E-state index contributed by atoms with van der Waals surface area (Å²) in [6.07, 6.45) is 0.655. The smallest absolute Gasteiger partial charge is 0.191 e. The van der Waals surface area contributed by atoms with E-state index in [1.54, 1.807) is 13.2 Å². The highest BCUT2D eigenvalue weighted by atomic mass is 16.5. The number of guanidine groups is 1. The van der Waals surface area contributed by atoms with Crippen LogP contribution in [0.15, 0.2) is 53.5 Å². The number of benzene rings is 2. The molecule has 6 nitrogen and oxygen atoms in total. The van der Waals surface area contributed by atoms with E-state index in [9.17, 15) is 10.2 Å². The summed E-state index contributed by atoms with van der Waals surface area (Å²) in [6, 6.07) is 15.2. The van der Waals surface area contributed by atoms with Gasteiger partial charge in [0.15, 0.2) is 5.96 Å². The molecule has 0 saturated carbocycles. The molecule has 0 aliphatic heterocycles. The molecular formula is C21H29N3O3. The van der Waals surface area contributed by atoms with Gasteiger partial charge in [0.25, 0.3) is 0 Å². The van der Waals surface area contributed by atoms with Gasteiger partial charge in [-0.2, -0.15) is 0 Å². The van der Waals surface area contributed by atoms with Crippen LogP contribution >= 0.6 is 0 Å². The Morgan fingerprint density at radius 3 is 2.56 bits per heavy atom. The van der Waals surface area contributed by atoms with E-state index < -0.39 is 0 Å². The van der Waals surface area contributed by atoms with Gasteiger partial charge in [0.1, 0.15) is 11.5 Å². The van der Waals surface area contributed by atoms with E-state index in [2.05, 4.69) is 15.6 Å². The first-order chi connectivity index (χ1) is 13.2. The predicted molar refractivity (Wildman–Crippen MR) is 109 cm³/mol. The summed E-state index contributed by atoms with van der Waals surface area (Å²) in [5.41, 5.74) is 1.92. The van der Waals surface area contributed by atoms with E-state index in [4.69, 9.17) is 4.74 Å². The molecule has 0 heterocycles. The number of phenols is 1. The number of rotatable bonds is 9. The van der Waals surface area contributed by atoms with Crippen LogP contribution in [0.5, 0.6) is 11.5 Å². The minimum absolute atomic E-state index is 0.0349. The van der Waals surface area contributed by atoms with Gasteiger partial charge < -0.3 is 25.6 Å². The number of aromatic hydroxyl groups is 1. The number of hydrogen-bond donors (Lipinski definition) is 4. The Kier molecular flexibility index (Phi) is 8.45. The number of aliphatic imine (C=N–C) groups is 1. The van der Waals surface area contributed by atoms with Crippen LogP contribution in [0, 0.1) is 0 Å². The average Bonchev–Trinajstić information content (AvgIpc) is 2.70. The van der Waals surface area contributed by atoms with E-state index in [1.165, 1.54) is 0 Å². The van der Waals surface area contributed by atoms with Crippen LogP contribution in [0.2, 0.25) is 0 Å². The normalized spacial score (nSPS) is 12.5. The molecule has 2 rings (SSSR count). The topological polar surface area (TPSA) is 86.1 Å². The summed E-state index contributed by atoms with van der Waals surface area (Å²) in [7, 11) is 1.57. The van der Waals surface area contributed by atoms with Gasteiger partial charge in [-0.15, -0.1) is 0 Å². The van der Waals surface area contributed by atoms with E-state index in [-0.39, 0.29) is 18.3 Å². The maximum Gasteiger partial charge on any atom is 0.191 e. The quantitative estimate of drug-likeness (QED) is 0.401. The average molecular weight is 371 g/mol. The highest BCUT2D eigenvalue weighted by molar-refractivity contribution is 5.79. The van der Waals surface area contributed by atoms with Crippen molar-refractivity contribution in [3.63, 3.8) is 0 Å². The maximum absolute atomic E-state index is 10.0. The molecule has 2 aromatic carbocycles. The SMILES string of the molecule is CCNC(=NCC(CO)c1ccccc1)NCCc1ccc(OC)cc1O. The van der Waals surface area contributed by atoms with Crippen LogP contribution in [0.1, 0.15) is 24.0 Å². The molecule has 0 radical (unpaired) electrons. The number of aliphatic hydroxyl groups excluding tert-OH is 1. The van der Waals surface area contributed by atoms with Crippen LogP contribution in [0.25, 0.3) is 0 Å². The first kappa shape index (κ1) is 20.6. The van der Waals surface area contributed by atoms with E-state index in [0.717, 1.165) is 17.7 Å². The van der Waals surface area contributed by atoms with Gasteiger partial charge >= 0.3 is 0 Å². The van der Waals surface area contributed by atoms with Crippen LogP contribution in [-0.4, -0.2) is 49.5 Å². The van der Waals surface area contributed by atoms with Crippen molar-refractivity contribution in [3.8, 4) is 11.5 Å². The fourth-order valence-electron chi connectivity index (χ4n) is 2.73. The van der Waals surface area contributed by atoms with Crippen molar-refractivity contribution in [3.05, 3.63) is 59.7 Å². The summed E-state index contributed by atoms with van der Waals surface area (Å²) in [6.45, 7) is 3.92. The largest absolute Gasteiger partial charge is 0.508 e. The van der Waals surface area contributed by atoms with Crippen molar-refractivity contribution < 1.29 is 14.9 Å². The molecule has 0 aliphatic rings. The minimum Gasteiger partial charge on any atom is -0.508 e. The Morgan fingerprint density at radius 1 is 1.15 bits per heavy atom. The van der Waals surface area contributed by atoms with Crippen molar-refractivity contribution in [2.45, 2.75) is 19.3 Å². The summed E-state index contributed by atoms with van der Waals surface area (Å²) in [4.78, 5) is 4.59. The van der Waals surface area contributed by atoms with E-state index in [1.807, 2.05) is 49.4 Å². The zero-order valence-electron chi connectivity index (χ0n) is 16.0. The van der Waals surface area contributed by atoms with Crippen molar-refractivity contribution >= 4 is 5.96 Å². The fourth-order valence-corrected chi connectivity index (χ4v) is 2.73. The molecule has 0 fully saturated rings. The molecule has 0 amide bonds. The summed E-state index contributed by atoms with van der Waals surface area (Å²) >= 11 is 0. The predicted octanol–water partition coefficient (Wildman–Crippen LogP) is 2.27. The molecule has 1 unspecified atom stereocenters. The first-order valence-corrected chi connectivity index (χ1v) is 9.21. The molecule has 146 valence electrons. The molecule has 2 aromatic rings. The van der Waals surface area contributed by atoms with E-state index >= 15 is 0 Å². The summed E-state index contributed by atoms with van der Waals surface area (Å²) in [5.74, 6) is 1.52. The third-order valence-corrected chi connectivity index (χ3v) is 4.28. The van der Waals surface area contributed by atoms with Gasteiger partial charge in [-0.1, -0.05) is 36.4 Å². The van der Waals surface area contributed by atoms with Crippen LogP contribution in [0.4, 0.5) is 0 Å². The Balaban J connectivity index is 1.93. The van der Waals surface area contributed by atoms with Crippen molar-refractivity contribution in [1.82, 2.24) is 10.6 Å². The highest BCUT2D eigenvalue weighted by Crippen LogP contribution is 2.23. The third-order valence-electron chi connectivity index (χ3n) is 4.28. The molecule has 0 spiro atoms. The summed E-state index contributed by atoms with van der Waals surface area (Å²) < 4.78 is 5.10. The second-order valence-electron chi connectivity index (χ2n) is 6.18. The van der Waals surface area contributed by atoms with Gasteiger partial charge in [-0.25, -0.2) is 0 Å². The summed E-state index contributed by atoms with van der Waals surface area (Å²) in [5, 5.41) is 26.2. The zero-order chi connectivity index (χ0) is 19.5. The van der Waals surface area contributed by atoms with Crippen LogP contribution < -0.4 is 15.4 Å². The van der Waals surface area contributed by atoms with Crippen molar-refractivity contribution in [2.75, 3.05) is 33.4 Å². The molecule has 0 aromatic heterocycles. The molecule has 1 atom stereocenters. The standard InChI is InChI=1S/C21H29N3O3/c1-3-22-21(24-14-18(15-25)16-7-5-4-6-8-16)23-12-11-17-9-10-19(27-2)13-20(17)26/h4-10,13,18,25-26H,3,11-12,14-15H2,1-2H3,(H2,22,23,24). The number of ether oxygens (including phenoxy) is 1. The Labute approximate surface area is 160 Å². The van der Waals surface area contributed by atoms with Crippen molar-refractivity contribution in [2.24, 2.45) is 4.99 Å². The molecule has 0 aliphatic carbocycles. The molecule has 0 saturated heterocycles. The number of phenolic OH excluding ortho intramolecular Hbond substituents is 1. The zero-order valence-corrected chi connectivity index (χ0v) is 16.0. The highest BCUT2D eigenvalue weighted by Gasteiger charge is 2.10. The fraction of sp³-hybridized carbons (Fsp3) is 0.381. The number of nitrogens with one attached hydrogen (secondary N) is 2. The van der Waals surface area contributed by atoms with Gasteiger partial charge in [-0.05, 0) is 30.5 Å². The molecule has 27 heavy (non-hydrogen) atoms.